The molecule has 2 aliphatic heterocycles. The van der Waals surface area contributed by atoms with Crippen molar-refractivity contribution in [3.05, 3.63) is 0 Å². The highest BCUT2D eigenvalue weighted by molar-refractivity contribution is 14.0. The summed E-state index contributed by atoms with van der Waals surface area (Å²) in [6.07, 6.45) is 10.2. The summed E-state index contributed by atoms with van der Waals surface area (Å²) in [5.74, 6) is 1.87. The van der Waals surface area contributed by atoms with Crippen LogP contribution >= 0.6 is 24.0 Å². The van der Waals surface area contributed by atoms with Gasteiger partial charge < -0.3 is 24.4 Å². The van der Waals surface area contributed by atoms with Crippen LogP contribution in [0, 0.1) is 5.92 Å². The third kappa shape index (κ3) is 8.83. The molecule has 1 atom stereocenters. The highest BCUT2D eigenvalue weighted by atomic mass is 127. The second kappa shape index (κ2) is 13.2. The Labute approximate surface area is 181 Å². The van der Waals surface area contributed by atoms with E-state index in [0.717, 1.165) is 83.6 Å². The minimum Gasteiger partial charge on any atom is -0.381 e. The van der Waals surface area contributed by atoms with Gasteiger partial charge in [-0.25, -0.2) is 0 Å². The zero-order chi connectivity index (χ0) is 18.0. The number of aliphatic imine (C=N–C) groups is 1. The minimum absolute atomic E-state index is 0. The molecule has 3 rings (SSSR count). The Bertz CT molecular complexity index is 421. The highest BCUT2D eigenvalue weighted by Crippen LogP contribution is 2.28. The fourth-order valence-electron chi connectivity index (χ4n) is 3.66. The summed E-state index contributed by atoms with van der Waals surface area (Å²) in [5, 5.41) is 3.48. The number of piperidine rings is 1. The molecular weight excluding hydrogens is 457 g/mol. The average Bonchev–Trinajstić information content (AvgIpc) is 3.52. The summed E-state index contributed by atoms with van der Waals surface area (Å²) in [5.41, 5.74) is 0. The maximum absolute atomic E-state index is 6.11. The molecule has 1 saturated carbocycles. The number of ether oxygens (including phenoxy) is 3. The molecule has 6 nitrogen and oxygen atoms in total. The molecule has 1 unspecified atom stereocenters. The molecule has 0 aromatic rings. The van der Waals surface area contributed by atoms with Gasteiger partial charge in [-0.1, -0.05) is 0 Å². The van der Waals surface area contributed by atoms with E-state index in [-0.39, 0.29) is 24.0 Å². The van der Waals surface area contributed by atoms with Crippen LogP contribution in [0.4, 0.5) is 0 Å². The first-order valence-corrected chi connectivity index (χ1v) is 10.6. The van der Waals surface area contributed by atoms with Gasteiger partial charge >= 0.3 is 0 Å². The molecule has 3 aliphatic rings. The lowest BCUT2D eigenvalue weighted by molar-refractivity contribution is -0.0721. The molecule has 2 saturated heterocycles. The van der Waals surface area contributed by atoms with E-state index >= 15 is 0 Å². The minimum atomic E-state index is 0. The number of guanidine groups is 1. The first kappa shape index (κ1) is 23.2. The predicted octanol–water partition coefficient (Wildman–Crippen LogP) is 3.05. The normalized spacial score (nSPS) is 24.6. The van der Waals surface area contributed by atoms with E-state index in [9.17, 15) is 0 Å². The van der Waals surface area contributed by atoms with E-state index in [2.05, 4.69) is 15.2 Å². The van der Waals surface area contributed by atoms with E-state index in [1.54, 1.807) is 0 Å². The van der Waals surface area contributed by atoms with Crippen molar-refractivity contribution in [1.82, 2.24) is 10.2 Å². The van der Waals surface area contributed by atoms with Crippen molar-refractivity contribution in [3.8, 4) is 0 Å². The van der Waals surface area contributed by atoms with Gasteiger partial charge in [-0.05, 0) is 57.3 Å². The molecule has 3 fully saturated rings. The second-order valence-corrected chi connectivity index (χ2v) is 7.85. The summed E-state index contributed by atoms with van der Waals surface area (Å²) in [6, 6.07) is 0. The van der Waals surface area contributed by atoms with E-state index in [4.69, 9.17) is 14.2 Å². The number of halogens is 1. The highest BCUT2D eigenvalue weighted by Gasteiger charge is 2.24. The lowest BCUT2D eigenvalue weighted by Crippen LogP contribution is -2.47. The number of hydrogen-bond acceptors (Lipinski definition) is 4. The maximum Gasteiger partial charge on any atom is 0.193 e. The van der Waals surface area contributed by atoms with Gasteiger partial charge in [0.25, 0.3) is 0 Å². The van der Waals surface area contributed by atoms with Crippen molar-refractivity contribution in [1.29, 1.82) is 0 Å². The SMILES string of the molecule is CN=C(NCCCOCC1CC1)N1CCC(OCC2CCCCO2)CC1.I. The molecule has 27 heavy (non-hydrogen) atoms. The number of nitrogens with one attached hydrogen (secondary N) is 1. The fraction of sp³-hybridized carbons (Fsp3) is 0.950. The van der Waals surface area contributed by atoms with Crippen LogP contribution < -0.4 is 5.32 Å². The summed E-state index contributed by atoms with van der Waals surface area (Å²) in [4.78, 5) is 6.79. The summed E-state index contributed by atoms with van der Waals surface area (Å²) >= 11 is 0. The molecule has 0 radical (unpaired) electrons. The summed E-state index contributed by atoms with van der Waals surface area (Å²) in [6.45, 7) is 6.40. The molecule has 0 aromatic carbocycles. The third-order valence-corrected chi connectivity index (χ3v) is 5.54. The molecular formula is C20H38IN3O3. The smallest absolute Gasteiger partial charge is 0.193 e. The fourth-order valence-corrected chi connectivity index (χ4v) is 3.66. The molecule has 7 heteroatoms. The van der Waals surface area contributed by atoms with E-state index in [0.29, 0.717) is 12.2 Å². The Morgan fingerprint density at radius 2 is 1.93 bits per heavy atom. The topological polar surface area (TPSA) is 55.3 Å². The van der Waals surface area contributed by atoms with Crippen LogP contribution in [-0.2, 0) is 14.2 Å². The number of rotatable bonds is 9. The van der Waals surface area contributed by atoms with Crippen molar-refractivity contribution in [3.63, 3.8) is 0 Å². The van der Waals surface area contributed by atoms with Crippen LogP contribution in [0.3, 0.4) is 0 Å². The van der Waals surface area contributed by atoms with E-state index in [1.165, 1.54) is 25.7 Å². The van der Waals surface area contributed by atoms with Gasteiger partial charge in [-0.15, -0.1) is 24.0 Å². The van der Waals surface area contributed by atoms with Gasteiger partial charge in [-0.3, -0.25) is 4.99 Å². The van der Waals surface area contributed by atoms with Crippen LogP contribution in [0.5, 0.6) is 0 Å². The van der Waals surface area contributed by atoms with Crippen molar-refractivity contribution in [2.45, 2.75) is 63.6 Å². The standard InChI is InChI=1S/C20H37N3O3.HI/c1-21-20(22-10-4-13-24-15-17-6-7-17)23-11-8-18(9-12-23)26-16-19-5-2-3-14-25-19;/h17-19H,2-16H2,1H3,(H,21,22);1H. The van der Waals surface area contributed by atoms with Crippen LogP contribution in [0.2, 0.25) is 0 Å². The molecule has 0 aromatic heterocycles. The molecule has 158 valence electrons. The third-order valence-electron chi connectivity index (χ3n) is 5.54. The molecule has 0 bridgehead atoms. The first-order chi connectivity index (χ1) is 12.8. The largest absolute Gasteiger partial charge is 0.381 e. The Morgan fingerprint density at radius 3 is 2.59 bits per heavy atom. The van der Waals surface area contributed by atoms with Gasteiger partial charge in [0, 0.05) is 46.5 Å². The molecule has 2 heterocycles. The monoisotopic (exact) mass is 495 g/mol. The van der Waals surface area contributed by atoms with Gasteiger partial charge in [-0.2, -0.15) is 0 Å². The first-order valence-electron chi connectivity index (χ1n) is 10.6. The van der Waals surface area contributed by atoms with Gasteiger partial charge in [0.1, 0.15) is 0 Å². The number of hydrogen-bond donors (Lipinski definition) is 1. The van der Waals surface area contributed by atoms with E-state index < -0.39 is 0 Å². The molecule has 0 spiro atoms. The van der Waals surface area contributed by atoms with E-state index in [1.807, 2.05) is 7.05 Å². The maximum atomic E-state index is 6.11. The second-order valence-electron chi connectivity index (χ2n) is 7.85. The molecule has 1 N–H and O–H groups in total. The zero-order valence-corrected chi connectivity index (χ0v) is 19.2. The van der Waals surface area contributed by atoms with Crippen LogP contribution in [0.25, 0.3) is 0 Å². The molecule has 0 amide bonds. The zero-order valence-electron chi connectivity index (χ0n) is 16.9. The van der Waals surface area contributed by atoms with Gasteiger partial charge in [0.2, 0.25) is 0 Å². The van der Waals surface area contributed by atoms with Crippen molar-refractivity contribution in [2.24, 2.45) is 10.9 Å². The lowest BCUT2D eigenvalue weighted by Gasteiger charge is -2.35. The Morgan fingerprint density at radius 1 is 1.11 bits per heavy atom. The van der Waals surface area contributed by atoms with Crippen molar-refractivity contribution < 1.29 is 14.2 Å². The van der Waals surface area contributed by atoms with Crippen LogP contribution in [0.15, 0.2) is 4.99 Å². The quantitative estimate of drug-likeness (QED) is 0.231. The average molecular weight is 495 g/mol. The van der Waals surface area contributed by atoms with Crippen molar-refractivity contribution >= 4 is 29.9 Å². The number of nitrogens with zero attached hydrogens (tertiary/aromatic N) is 2. The molecule has 1 aliphatic carbocycles. The predicted molar refractivity (Wildman–Crippen MR) is 119 cm³/mol. The summed E-state index contributed by atoms with van der Waals surface area (Å²) < 4.78 is 17.6. The Kier molecular flexibility index (Phi) is 11.3. The number of likely N-dealkylation sites (tertiary alicyclic amines) is 1. The van der Waals surface area contributed by atoms with Gasteiger partial charge in [0.15, 0.2) is 5.96 Å². The Balaban J connectivity index is 0.00000261. The van der Waals surface area contributed by atoms with Gasteiger partial charge in [0.05, 0.1) is 18.8 Å². The van der Waals surface area contributed by atoms with Crippen LogP contribution in [0.1, 0.15) is 51.4 Å². The van der Waals surface area contributed by atoms with Crippen LogP contribution in [-0.4, -0.2) is 76.2 Å². The lowest BCUT2D eigenvalue weighted by atomic mass is 10.1. The Hall–Kier alpha value is -0.120. The summed E-state index contributed by atoms with van der Waals surface area (Å²) in [7, 11) is 1.87. The van der Waals surface area contributed by atoms with Crippen molar-refractivity contribution in [2.75, 3.05) is 53.1 Å².